The Morgan fingerprint density at radius 3 is 2.81 bits per heavy atom. The molecule has 2 aromatic carbocycles. The minimum atomic E-state index is -0.756. The van der Waals surface area contributed by atoms with Crippen LogP contribution in [0, 0.1) is 0 Å². The highest BCUT2D eigenvalue weighted by atomic mass is 16.5. The summed E-state index contributed by atoms with van der Waals surface area (Å²) in [4.78, 5) is 30.2. The number of nitrogens with one attached hydrogen (secondary N) is 3. The molecule has 32 heavy (non-hydrogen) atoms. The molecule has 2 heterocycles. The first-order chi connectivity index (χ1) is 15.5. The second-order valence-electron chi connectivity index (χ2n) is 8.09. The molecule has 0 bridgehead atoms. The van der Waals surface area contributed by atoms with E-state index >= 15 is 0 Å². The third kappa shape index (κ3) is 4.80. The van der Waals surface area contributed by atoms with Gasteiger partial charge in [-0.25, -0.2) is 4.79 Å². The summed E-state index contributed by atoms with van der Waals surface area (Å²) >= 11 is 0. The molecule has 5 N–H and O–H groups in total. The van der Waals surface area contributed by atoms with Crippen molar-refractivity contribution in [3.05, 3.63) is 60.3 Å². The van der Waals surface area contributed by atoms with Gasteiger partial charge in [0.2, 0.25) is 5.91 Å². The molecule has 0 spiro atoms. The summed E-state index contributed by atoms with van der Waals surface area (Å²) in [6.07, 6.45) is 4.03. The average Bonchev–Trinajstić information content (AvgIpc) is 3.21. The number of aromatic amines is 1. The smallest absolute Gasteiger partial charge is 0.312 e. The highest BCUT2D eigenvalue weighted by Gasteiger charge is 2.27. The van der Waals surface area contributed by atoms with E-state index in [1.807, 2.05) is 54.7 Å². The van der Waals surface area contributed by atoms with Gasteiger partial charge in [0, 0.05) is 42.7 Å². The molecule has 4 rings (SSSR count). The van der Waals surface area contributed by atoms with Crippen LogP contribution in [-0.2, 0) is 11.2 Å². The summed E-state index contributed by atoms with van der Waals surface area (Å²) in [6.45, 7) is 1.56. The summed E-state index contributed by atoms with van der Waals surface area (Å²) in [5, 5.41) is 6.76. The van der Waals surface area contributed by atoms with E-state index in [1.165, 1.54) is 0 Å². The van der Waals surface area contributed by atoms with E-state index in [1.54, 1.807) is 7.11 Å². The quantitative estimate of drug-likeness (QED) is 0.457. The van der Waals surface area contributed by atoms with E-state index in [0.29, 0.717) is 13.0 Å². The molecule has 3 amide bonds. The molecule has 0 radical (unpaired) electrons. The number of ether oxygens (including phenoxy) is 1. The Labute approximate surface area is 187 Å². The van der Waals surface area contributed by atoms with E-state index in [9.17, 15) is 9.59 Å². The maximum Gasteiger partial charge on any atom is 0.312 e. The largest absolute Gasteiger partial charge is 0.495 e. The Kier molecular flexibility index (Phi) is 6.49. The van der Waals surface area contributed by atoms with E-state index < -0.39 is 12.1 Å². The minimum absolute atomic E-state index is 0.0405. The molecule has 1 saturated heterocycles. The summed E-state index contributed by atoms with van der Waals surface area (Å²) in [5.41, 5.74) is 8.33. The monoisotopic (exact) mass is 435 g/mol. The van der Waals surface area contributed by atoms with Gasteiger partial charge in [-0.3, -0.25) is 4.79 Å². The van der Waals surface area contributed by atoms with Crippen molar-refractivity contribution in [2.24, 2.45) is 5.73 Å². The molecule has 168 valence electrons. The Balaban J connectivity index is 1.46. The molecule has 0 saturated carbocycles. The lowest BCUT2D eigenvalue weighted by molar-refractivity contribution is -0.123. The van der Waals surface area contributed by atoms with Crippen molar-refractivity contribution in [3.8, 4) is 5.75 Å². The number of amides is 3. The number of para-hydroxylation sites is 3. The summed E-state index contributed by atoms with van der Waals surface area (Å²) in [7, 11) is 1.66. The number of piperidine rings is 1. The zero-order chi connectivity index (χ0) is 22.5. The van der Waals surface area contributed by atoms with Crippen LogP contribution in [0.5, 0.6) is 5.75 Å². The van der Waals surface area contributed by atoms with Crippen LogP contribution < -0.4 is 26.0 Å². The Morgan fingerprint density at radius 1 is 1.22 bits per heavy atom. The first-order valence-electron chi connectivity index (χ1n) is 10.8. The lowest BCUT2D eigenvalue weighted by Gasteiger charge is -2.36. The van der Waals surface area contributed by atoms with Gasteiger partial charge >= 0.3 is 6.03 Å². The molecule has 1 fully saturated rings. The highest BCUT2D eigenvalue weighted by Crippen LogP contribution is 2.30. The maximum absolute atomic E-state index is 13.1. The zero-order valence-corrected chi connectivity index (χ0v) is 18.1. The lowest BCUT2D eigenvalue weighted by Crippen LogP contribution is -2.55. The fraction of sp³-hybridized carbons (Fsp3) is 0.333. The fourth-order valence-corrected chi connectivity index (χ4v) is 4.41. The highest BCUT2D eigenvalue weighted by molar-refractivity contribution is 5.89. The fourth-order valence-electron chi connectivity index (χ4n) is 4.41. The van der Waals surface area contributed by atoms with Crippen molar-refractivity contribution >= 4 is 28.5 Å². The number of methoxy groups -OCH3 is 1. The van der Waals surface area contributed by atoms with Gasteiger partial charge in [0.1, 0.15) is 11.8 Å². The lowest BCUT2D eigenvalue weighted by atomic mass is 10.0. The van der Waals surface area contributed by atoms with E-state index in [0.717, 1.165) is 47.3 Å². The van der Waals surface area contributed by atoms with Crippen molar-refractivity contribution in [1.29, 1.82) is 0 Å². The van der Waals surface area contributed by atoms with Crippen molar-refractivity contribution in [2.45, 2.75) is 31.3 Å². The number of aromatic nitrogens is 1. The second-order valence-corrected chi connectivity index (χ2v) is 8.09. The predicted molar refractivity (Wildman–Crippen MR) is 125 cm³/mol. The third-order valence-electron chi connectivity index (χ3n) is 5.93. The van der Waals surface area contributed by atoms with Gasteiger partial charge < -0.3 is 31.0 Å². The van der Waals surface area contributed by atoms with Crippen LogP contribution in [0.2, 0.25) is 0 Å². The molecule has 8 heteroatoms. The number of hydrogen-bond acceptors (Lipinski definition) is 4. The van der Waals surface area contributed by atoms with Crippen LogP contribution in [0.3, 0.4) is 0 Å². The number of nitrogens with two attached hydrogens (primary N) is 1. The first kappa shape index (κ1) is 21.5. The molecular weight excluding hydrogens is 406 g/mol. The Bertz CT molecular complexity index is 1100. The van der Waals surface area contributed by atoms with Crippen LogP contribution in [0.25, 0.3) is 10.9 Å². The SMILES string of the molecule is COc1ccccc1N1CCCC(NC(=O)C(Cc2c[nH]c3ccccc23)NC(N)=O)C1. The maximum atomic E-state index is 13.1. The number of anilines is 1. The number of rotatable bonds is 7. The summed E-state index contributed by atoms with van der Waals surface area (Å²) in [6, 6.07) is 14.2. The van der Waals surface area contributed by atoms with Gasteiger partial charge in [-0.05, 0) is 36.6 Å². The number of fused-ring (bicyclic) bond motifs is 1. The third-order valence-corrected chi connectivity index (χ3v) is 5.93. The number of urea groups is 1. The van der Waals surface area contributed by atoms with Crippen LogP contribution in [0.15, 0.2) is 54.7 Å². The topological polar surface area (TPSA) is 112 Å². The number of hydrogen-bond donors (Lipinski definition) is 4. The molecule has 0 aliphatic carbocycles. The van der Waals surface area contributed by atoms with Crippen LogP contribution in [0.4, 0.5) is 10.5 Å². The molecule has 1 aromatic heterocycles. The van der Waals surface area contributed by atoms with E-state index in [4.69, 9.17) is 10.5 Å². The van der Waals surface area contributed by atoms with E-state index in [-0.39, 0.29) is 11.9 Å². The first-order valence-corrected chi connectivity index (χ1v) is 10.8. The van der Waals surface area contributed by atoms with Gasteiger partial charge in [0.25, 0.3) is 0 Å². The van der Waals surface area contributed by atoms with E-state index in [2.05, 4.69) is 20.5 Å². The van der Waals surface area contributed by atoms with Gasteiger partial charge in [0.05, 0.1) is 12.8 Å². The van der Waals surface area contributed by atoms with Crippen molar-refractivity contribution in [2.75, 3.05) is 25.1 Å². The number of primary amides is 1. The van der Waals surface area contributed by atoms with Gasteiger partial charge in [-0.15, -0.1) is 0 Å². The Morgan fingerprint density at radius 2 is 2.00 bits per heavy atom. The number of H-pyrrole nitrogens is 1. The average molecular weight is 436 g/mol. The van der Waals surface area contributed by atoms with Crippen LogP contribution >= 0.6 is 0 Å². The molecule has 8 nitrogen and oxygen atoms in total. The van der Waals surface area contributed by atoms with Crippen molar-refractivity contribution < 1.29 is 14.3 Å². The normalized spacial score (nSPS) is 17.0. The molecule has 3 aromatic rings. The predicted octanol–water partition coefficient (Wildman–Crippen LogP) is 2.54. The summed E-state index contributed by atoms with van der Waals surface area (Å²) < 4.78 is 5.50. The zero-order valence-electron chi connectivity index (χ0n) is 18.1. The molecule has 2 atom stereocenters. The van der Waals surface area contributed by atoms with Crippen molar-refractivity contribution in [1.82, 2.24) is 15.6 Å². The van der Waals surface area contributed by atoms with Gasteiger partial charge in [0.15, 0.2) is 0 Å². The second kappa shape index (κ2) is 9.64. The molecular formula is C24H29N5O3. The summed E-state index contributed by atoms with van der Waals surface area (Å²) in [5.74, 6) is 0.577. The van der Waals surface area contributed by atoms with Gasteiger partial charge in [-0.2, -0.15) is 0 Å². The standard InChI is InChI=1S/C24H29N5O3/c1-32-22-11-5-4-10-21(22)29-12-6-7-17(15-29)27-23(30)20(28-24(25)31)13-16-14-26-19-9-3-2-8-18(16)19/h2-5,8-11,14,17,20,26H,6-7,12-13,15H2,1H3,(H,27,30)(H3,25,28,31). The Hall–Kier alpha value is -3.68. The van der Waals surface area contributed by atoms with Crippen LogP contribution in [0.1, 0.15) is 18.4 Å². The van der Waals surface area contributed by atoms with Gasteiger partial charge in [-0.1, -0.05) is 30.3 Å². The van der Waals surface area contributed by atoms with Crippen LogP contribution in [-0.4, -0.2) is 49.2 Å². The molecule has 1 aliphatic heterocycles. The minimum Gasteiger partial charge on any atom is -0.495 e. The molecule has 2 unspecified atom stereocenters. The van der Waals surface area contributed by atoms with Crippen molar-refractivity contribution in [3.63, 3.8) is 0 Å². The number of carbonyl (C=O) groups excluding carboxylic acids is 2. The number of carbonyl (C=O) groups is 2. The molecule has 1 aliphatic rings. The number of benzene rings is 2. The number of nitrogens with zero attached hydrogens (tertiary/aromatic N) is 1.